The van der Waals surface area contributed by atoms with Crippen LogP contribution in [0.15, 0.2) is 24.3 Å². The van der Waals surface area contributed by atoms with Crippen molar-refractivity contribution in [1.82, 2.24) is 0 Å². The molecular formula is C13H20S. The van der Waals surface area contributed by atoms with Crippen LogP contribution in [0.25, 0.3) is 0 Å². The van der Waals surface area contributed by atoms with Gasteiger partial charge in [0.25, 0.3) is 0 Å². The predicted molar refractivity (Wildman–Crippen MR) is 67.1 cm³/mol. The Hall–Kier alpha value is -0.430. The fourth-order valence-corrected chi connectivity index (χ4v) is 2.00. The third-order valence-corrected chi connectivity index (χ3v) is 3.13. The maximum atomic E-state index is 2.25. The molecule has 0 N–H and O–H groups in total. The van der Waals surface area contributed by atoms with Gasteiger partial charge >= 0.3 is 0 Å². The first-order chi connectivity index (χ1) is 6.83. The molecule has 0 spiro atoms. The summed E-state index contributed by atoms with van der Waals surface area (Å²) in [5.74, 6) is 1.31. The monoisotopic (exact) mass is 208 g/mol. The second-order valence-corrected chi connectivity index (χ2v) is 4.77. The Labute approximate surface area is 92.1 Å². The van der Waals surface area contributed by atoms with Gasteiger partial charge in [-0.15, -0.1) is 0 Å². The first-order valence-electron chi connectivity index (χ1n) is 5.37. The predicted octanol–water partition coefficient (Wildman–Crippen LogP) is 4.07. The van der Waals surface area contributed by atoms with Crippen molar-refractivity contribution in [3.8, 4) is 0 Å². The lowest BCUT2D eigenvalue weighted by molar-refractivity contribution is 0.722. The highest BCUT2D eigenvalue weighted by molar-refractivity contribution is 7.98. The van der Waals surface area contributed by atoms with Crippen molar-refractivity contribution in [2.24, 2.45) is 0 Å². The fourth-order valence-electron chi connectivity index (χ4n) is 1.51. The molecule has 0 heterocycles. The van der Waals surface area contributed by atoms with Crippen LogP contribution in [-0.2, 0) is 6.42 Å². The molecule has 0 bridgehead atoms. The van der Waals surface area contributed by atoms with Gasteiger partial charge in [0, 0.05) is 0 Å². The zero-order valence-corrected chi connectivity index (χ0v) is 10.1. The van der Waals surface area contributed by atoms with Crippen LogP contribution < -0.4 is 0 Å². The molecule has 0 radical (unpaired) electrons. The molecule has 0 saturated carbocycles. The topological polar surface area (TPSA) is 0 Å². The van der Waals surface area contributed by atoms with Gasteiger partial charge < -0.3 is 0 Å². The summed E-state index contributed by atoms with van der Waals surface area (Å²) in [7, 11) is 0. The Morgan fingerprint density at radius 3 is 2.36 bits per heavy atom. The lowest BCUT2D eigenvalue weighted by atomic mass is 10.1. The lowest BCUT2D eigenvalue weighted by Crippen LogP contribution is -1.87. The fraction of sp³-hybridized carbons (Fsp3) is 0.538. The average molecular weight is 208 g/mol. The molecule has 0 atom stereocenters. The van der Waals surface area contributed by atoms with Gasteiger partial charge in [0.2, 0.25) is 0 Å². The van der Waals surface area contributed by atoms with E-state index >= 15 is 0 Å². The molecule has 0 unspecified atom stereocenters. The summed E-state index contributed by atoms with van der Waals surface area (Å²) in [4.78, 5) is 0. The maximum absolute atomic E-state index is 2.25. The van der Waals surface area contributed by atoms with Gasteiger partial charge in [-0.3, -0.25) is 0 Å². The minimum atomic E-state index is 1.24. The molecule has 78 valence electrons. The minimum Gasteiger partial charge on any atom is -0.165 e. The maximum Gasteiger partial charge on any atom is -0.00703 e. The Morgan fingerprint density at radius 2 is 1.71 bits per heavy atom. The number of thioether (sulfide) groups is 1. The van der Waals surface area contributed by atoms with Crippen LogP contribution >= 0.6 is 11.8 Å². The SMILES string of the molecule is CSCCCCCc1ccc(C)cc1. The zero-order chi connectivity index (χ0) is 10.2. The van der Waals surface area contributed by atoms with Gasteiger partial charge in [-0.1, -0.05) is 36.2 Å². The molecule has 0 amide bonds. The van der Waals surface area contributed by atoms with Gasteiger partial charge in [0.05, 0.1) is 0 Å². The van der Waals surface area contributed by atoms with E-state index in [-0.39, 0.29) is 0 Å². The number of hydrogen-bond acceptors (Lipinski definition) is 1. The molecule has 1 aromatic rings. The van der Waals surface area contributed by atoms with Gasteiger partial charge in [0.1, 0.15) is 0 Å². The lowest BCUT2D eigenvalue weighted by Gasteiger charge is -2.01. The third kappa shape index (κ3) is 4.71. The van der Waals surface area contributed by atoms with E-state index < -0.39 is 0 Å². The van der Waals surface area contributed by atoms with Crippen molar-refractivity contribution in [2.45, 2.75) is 32.6 Å². The highest BCUT2D eigenvalue weighted by atomic mass is 32.2. The van der Waals surface area contributed by atoms with E-state index in [1.165, 1.54) is 42.6 Å². The second-order valence-electron chi connectivity index (χ2n) is 3.79. The first kappa shape index (κ1) is 11.6. The van der Waals surface area contributed by atoms with E-state index in [0.29, 0.717) is 0 Å². The molecule has 0 aliphatic rings. The van der Waals surface area contributed by atoms with Crippen molar-refractivity contribution >= 4 is 11.8 Å². The summed E-state index contributed by atoms with van der Waals surface area (Å²) in [6, 6.07) is 8.92. The van der Waals surface area contributed by atoms with Crippen LogP contribution in [0.4, 0.5) is 0 Å². The highest BCUT2D eigenvalue weighted by Gasteiger charge is 1.93. The van der Waals surface area contributed by atoms with Crippen molar-refractivity contribution in [3.05, 3.63) is 35.4 Å². The quantitative estimate of drug-likeness (QED) is 0.635. The number of benzene rings is 1. The summed E-state index contributed by atoms with van der Waals surface area (Å²) < 4.78 is 0. The van der Waals surface area contributed by atoms with Crippen LogP contribution in [0.1, 0.15) is 30.4 Å². The van der Waals surface area contributed by atoms with Crippen molar-refractivity contribution in [2.75, 3.05) is 12.0 Å². The van der Waals surface area contributed by atoms with Crippen LogP contribution in [0.5, 0.6) is 0 Å². The van der Waals surface area contributed by atoms with Gasteiger partial charge in [-0.05, 0) is 43.8 Å². The molecular weight excluding hydrogens is 188 g/mol. The van der Waals surface area contributed by atoms with Crippen LogP contribution in [-0.4, -0.2) is 12.0 Å². The Kier molecular flexibility index (Phi) is 5.77. The number of aryl methyl sites for hydroxylation is 2. The van der Waals surface area contributed by atoms with Crippen molar-refractivity contribution in [3.63, 3.8) is 0 Å². The van der Waals surface area contributed by atoms with E-state index in [1.807, 2.05) is 11.8 Å². The van der Waals surface area contributed by atoms with E-state index in [1.54, 1.807) is 0 Å². The minimum absolute atomic E-state index is 1.24. The van der Waals surface area contributed by atoms with Crippen molar-refractivity contribution < 1.29 is 0 Å². The van der Waals surface area contributed by atoms with E-state index in [9.17, 15) is 0 Å². The Morgan fingerprint density at radius 1 is 1.00 bits per heavy atom. The molecule has 0 nitrogen and oxygen atoms in total. The third-order valence-electron chi connectivity index (χ3n) is 2.43. The highest BCUT2D eigenvalue weighted by Crippen LogP contribution is 2.09. The Balaban J connectivity index is 2.15. The van der Waals surface area contributed by atoms with E-state index in [0.717, 1.165) is 0 Å². The second kappa shape index (κ2) is 6.94. The molecule has 14 heavy (non-hydrogen) atoms. The molecule has 1 rings (SSSR count). The largest absolute Gasteiger partial charge is 0.165 e. The standard InChI is InChI=1S/C13H20S/c1-12-7-9-13(10-8-12)6-4-3-5-11-14-2/h7-10H,3-6,11H2,1-2H3. The van der Waals surface area contributed by atoms with Crippen molar-refractivity contribution in [1.29, 1.82) is 0 Å². The summed E-state index contributed by atoms with van der Waals surface area (Å²) in [6.45, 7) is 2.14. The summed E-state index contributed by atoms with van der Waals surface area (Å²) >= 11 is 1.95. The molecule has 0 aliphatic heterocycles. The summed E-state index contributed by atoms with van der Waals surface area (Å²) in [5.41, 5.74) is 2.84. The van der Waals surface area contributed by atoms with Crippen LogP contribution in [0.3, 0.4) is 0 Å². The Bertz CT molecular complexity index is 238. The van der Waals surface area contributed by atoms with Crippen LogP contribution in [0, 0.1) is 6.92 Å². The number of rotatable bonds is 6. The van der Waals surface area contributed by atoms with E-state index in [4.69, 9.17) is 0 Å². The first-order valence-corrected chi connectivity index (χ1v) is 6.77. The summed E-state index contributed by atoms with van der Waals surface area (Å²) in [5, 5.41) is 0. The molecule has 0 aromatic heterocycles. The molecule has 1 heteroatoms. The zero-order valence-electron chi connectivity index (χ0n) is 9.25. The van der Waals surface area contributed by atoms with Gasteiger partial charge in [0.15, 0.2) is 0 Å². The average Bonchev–Trinajstić information content (AvgIpc) is 2.21. The van der Waals surface area contributed by atoms with Gasteiger partial charge in [-0.25, -0.2) is 0 Å². The summed E-state index contributed by atoms with van der Waals surface area (Å²) in [6.07, 6.45) is 7.50. The number of unbranched alkanes of at least 4 members (excludes halogenated alkanes) is 2. The number of hydrogen-bond donors (Lipinski definition) is 0. The molecule has 0 aliphatic carbocycles. The molecule has 0 fully saturated rings. The van der Waals surface area contributed by atoms with Gasteiger partial charge in [-0.2, -0.15) is 11.8 Å². The molecule has 1 aromatic carbocycles. The smallest absolute Gasteiger partial charge is 0.00703 e. The molecule has 0 saturated heterocycles. The normalized spacial score (nSPS) is 10.4. The van der Waals surface area contributed by atoms with Crippen LogP contribution in [0.2, 0.25) is 0 Å². The van der Waals surface area contributed by atoms with E-state index in [2.05, 4.69) is 37.4 Å².